The van der Waals surface area contributed by atoms with E-state index in [1.165, 1.54) is 16.7 Å². The van der Waals surface area contributed by atoms with Crippen LogP contribution in [0.1, 0.15) is 40.5 Å². The molecule has 6 heteroatoms. The van der Waals surface area contributed by atoms with Crippen LogP contribution >= 0.6 is 11.8 Å². The third kappa shape index (κ3) is 3.05. The number of carboxylic acid groups (broad SMARTS) is 1. The maximum Gasteiger partial charge on any atom is 0.327 e. The summed E-state index contributed by atoms with van der Waals surface area (Å²) in [6.07, 6.45) is 1.03. The second kappa shape index (κ2) is 6.13. The van der Waals surface area contributed by atoms with Crippen molar-refractivity contribution in [3.8, 4) is 0 Å². The van der Waals surface area contributed by atoms with E-state index in [0.717, 1.165) is 0 Å². The molecule has 110 valence electrons. The molecular formula is C13H24N2O3S. The van der Waals surface area contributed by atoms with Crippen LogP contribution in [0, 0.1) is 5.92 Å². The van der Waals surface area contributed by atoms with E-state index in [9.17, 15) is 14.7 Å². The van der Waals surface area contributed by atoms with Crippen LogP contribution in [-0.4, -0.2) is 44.6 Å². The van der Waals surface area contributed by atoms with Crippen molar-refractivity contribution < 1.29 is 14.7 Å². The van der Waals surface area contributed by atoms with E-state index in [0.29, 0.717) is 18.6 Å². The lowest BCUT2D eigenvalue weighted by Crippen LogP contribution is -2.59. The topological polar surface area (TPSA) is 83.6 Å². The Labute approximate surface area is 118 Å². The molecule has 0 bridgehead atoms. The molecular weight excluding hydrogens is 264 g/mol. The number of hydrogen-bond donors (Lipinski definition) is 2. The summed E-state index contributed by atoms with van der Waals surface area (Å²) in [5.74, 6) is -0.531. The Morgan fingerprint density at radius 3 is 2.32 bits per heavy atom. The van der Waals surface area contributed by atoms with Crippen molar-refractivity contribution in [2.75, 3.05) is 5.75 Å². The minimum Gasteiger partial charge on any atom is -0.480 e. The SMILES string of the molecule is CCC(N)(CC)C(=O)N1C(C(=O)O)CSC1C(C)C. The summed E-state index contributed by atoms with van der Waals surface area (Å²) in [5, 5.41) is 9.19. The first-order valence-electron chi connectivity index (χ1n) is 6.74. The number of carbonyl (C=O) groups is 2. The number of carboxylic acids is 1. The zero-order valence-electron chi connectivity index (χ0n) is 12.0. The second-order valence-corrected chi connectivity index (χ2v) is 6.55. The maximum absolute atomic E-state index is 12.7. The summed E-state index contributed by atoms with van der Waals surface area (Å²) in [6, 6.07) is -0.758. The number of nitrogens with two attached hydrogens (primary N) is 1. The molecule has 3 N–H and O–H groups in total. The van der Waals surface area contributed by atoms with E-state index >= 15 is 0 Å². The molecule has 0 saturated carbocycles. The van der Waals surface area contributed by atoms with Crippen LogP contribution in [0.2, 0.25) is 0 Å². The molecule has 2 atom stereocenters. The van der Waals surface area contributed by atoms with E-state index < -0.39 is 17.6 Å². The highest BCUT2D eigenvalue weighted by Crippen LogP contribution is 2.36. The van der Waals surface area contributed by atoms with Gasteiger partial charge in [0.1, 0.15) is 6.04 Å². The van der Waals surface area contributed by atoms with Crippen molar-refractivity contribution in [2.45, 2.75) is 57.5 Å². The number of nitrogens with zero attached hydrogens (tertiary/aromatic N) is 1. The molecule has 1 saturated heterocycles. The smallest absolute Gasteiger partial charge is 0.327 e. The Kier molecular flexibility index (Phi) is 5.26. The fourth-order valence-corrected chi connectivity index (χ4v) is 3.77. The molecule has 1 heterocycles. The zero-order valence-corrected chi connectivity index (χ0v) is 12.9. The summed E-state index contributed by atoms with van der Waals surface area (Å²) < 4.78 is 0. The van der Waals surface area contributed by atoms with E-state index in [1.54, 1.807) is 0 Å². The van der Waals surface area contributed by atoms with E-state index in [2.05, 4.69) is 0 Å². The Bertz CT molecular complexity index is 356. The largest absolute Gasteiger partial charge is 0.480 e. The summed E-state index contributed by atoms with van der Waals surface area (Å²) in [4.78, 5) is 25.5. The highest BCUT2D eigenvalue weighted by atomic mass is 32.2. The van der Waals surface area contributed by atoms with Gasteiger partial charge in [0.2, 0.25) is 5.91 Å². The standard InChI is InChI=1S/C13H24N2O3S/c1-5-13(14,6-2)12(18)15-9(11(16)17)7-19-10(15)8(3)4/h8-10H,5-7,14H2,1-4H3,(H,16,17). The molecule has 2 unspecified atom stereocenters. The van der Waals surface area contributed by atoms with Crippen LogP contribution in [0.5, 0.6) is 0 Å². The van der Waals surface area contributed by atoms with Gasteiger partial charge in [-0.15, -0.1) is 11.8 Å². The molecule has 0 aliphatic carbocycles. The van der Waals surface area contributed by atoms with Gasteiger partial charge < -0.3 is 15.7 Å². The van der Waals surface area contributed by atoms with Crippen molar-refractivity contribution in [2.24, 2.45) is 11.7 Å². The van der Waals surface area contributed by atoms with Gasteiger partial charge in [0, 0.05) is 5.75 Å². The average Bonchev–Trinajstić information content (AvgIpc) is 2.81. The first-order valence-corrected chi connectivity index (χ1v) is 7.79. The first-order chi connectivity index (χ1) is 8.78. The highest BCUT2D eigenvalue weighted by molar-refractivity contribution is 8.00. The van der Waals surface area contributed by atoms with Gasteiger partial charge in [-0.2, -0.15) is 0 Å². The second-order valence-electron chi connectivity index (χ2n) is 5.40. The Morgan fingerprint density at radius 2 is 1.95 bits per heavy atom. The Balaban J connectivity index is 3.08. The predicted molar refractivity (Wildman–Crippen MR) is 76.9 cm³/mol. The van der Waals surface area contributed by atoms with Gasteiger partial charge in [0.25, 0.3) is 0 Å². The molecule has 1 aliphatic rings. The molecule has 0 aromatic heterocycles. The normalized spacial score (nSPS) is 24.0. The summed E-state index contributed by atoms with van der Waals surface area (Å²) in [6.45, 7) is 7.73. The van der Waals surface area contributed by atoms with Gasteiger partial charge in [0.15, 0.2) is 0 Å². The van der Waals surface area contributed by atoms with Crippen LogP contribution in [0.4, 0.5) is 0 Å². The van der Waals surface area contributed by atoms with Gasteiger partial charge >= 0.3 is 5.97 Å². The molecule has 0 aromatic rings. The third-order valence-electron chi connectivity index (χ3n) is 3.81. The number of carbonyl (C=O) groups excluding carboxylic acids is 1. The van der Waals surface area contributed by atoms with Gasteiger partial charge in [-0.05, 0) is 18.8 Å². The zero-order chi connectivity index (χ0) is 14.8. The molecule has 1 fully saturated rings. The summed E-state index contributed by atoms with van der Waals surface area (Å²) in [7, 11) is 0. The lowest BCUT2D eigenvalue weighted by Gasteiger charge is -2.37. The summed E-state index contributed by atoms with van der Waals surface area (Å²) >= 11 is 1.53. The number of aliphatic carboxylic acids is 1. The van der Waals surface area contributed by atoms with Crippen LogP contribution in [0.3, 0.4) is 0 Å². The monoisotopic (exact) mass is 288 g/mol. The summed E-state index contributed by atoms with van der Waals surface area (Å²) in [5.41, 5.74) is 5.20. The molecule has 1 aliphatic heterocycles. The van der Waals surface area contributed by atoms with Crippen LogP contribution in [0.25, 0.3) is 0 Å². The van der Waals surface area contributed by atoms with Gasteiger partial charge in [-0.1, -0.05) is 27.7 Å². The molecule has 0 radical (unpaired) electrons. The fourth-order valence-electron chi connectivity index (χ4n) is 2.30. The quantitative estimate of drug-likeness (QED) is 0.801. The average molecular weight is 288 g/mol. The highest BCUT2D eigenvalue weighted by Gasteiger charge is 2.47. The number of amides is 1. The lowest BCUT2D eigenvalue weighted by atomic mass is 9.91. The van der Waals surface area contributed by atoms with Gasteiger partial charge in [0.05, 0.1) is 10.9 Å². The number of rotatable bonds is 5. The third-order valence-corrected chi connectivity index (χ3v) is 5.43. The van der Waals surface area contributed by atoms with Crippen molar-refractivity contribution in [3.05, 3.63) is 0 Å². The predicted octanol–water partition coefficient (Wildman–Crippen LogP) is 1.51. The van der Waals surface area contributed by atoms with E-state index in [1.807, 2.05) is 27.7 Å². The molecule has 19 heavy (non-hydrogen) atoms. The lowest BCUT2D eigenvalue weighted by molar-refractivity contribution is -0.152. The van der Waals surface area contributed by atoms with Gasteiger partial charge in [-0.25, -0.2) is 4.79 Å². The Hall–Kier alpha value is -0.750. The molecule has 1 rings (SSSR count). The molecule has 1 amide bonds. The van der Waals surface area contributed by atoms with Crippen molar-refractivity contribution in [3.63, 3.8) is 0 Å². The number of hydrogen-bond acceptors (Lipinski definition) is 4. The van der Waals surface area contributed by atoms with Crippen LogP contribution in [0.15, 0.2) is 0 Å². The van der Waals surface area contributed by atoms with E-state index in [4.69, 9.17) is 5.73 Å². The van der Waals surface area contributed by atoms with Crippen molar-refractivity contribution in [1.82, 2.24) is 4.90 Å². The van der Waals surface area contributed by atoms with Crippen LogP contribution in [-0.2, 0) is 9.59 Å². The fraction of sp³-hybridized carbons (Fsp3) is 0.846. The molecule has 0 aromatic carbocycles. The van der Waals surface area contributed by atoms with Gasteiger partial charge in [-0.3, -0.25) is 4.79 Å². The minimum absolute atomic E-state index is 0.102. The van der Waals surface area contributed by atoms with Crippen molar-refractivity contribution in [1.29, 1.82) is 0 Å². The van der Waals surface area contributed by atoms with E-state index in [-0.39, 0.29) is 17.2 Å². The number of thioether (sulfide) groups is 1. The van der Waals surface area contributed by atoms with Crippen molar-refractivity contribution >= 4 is 23.6 Å². The molecule has 5 nitrogen and oxygen atoms in total. The Morgan fingerprint density at radius 1 is 1.42 bits per heavy atom. The molecule has 0 spiro atoms. The minimum atomic E-state index is -0.953. The maximum atomic E-state index is 12.7. The first kappa shape index (κ1) is 16.3. The van der Waals surface area contributed by atoms with Crippen LogP contribution < -0.4 is 5.73 Å².